The highest BCUT2D eigenvalue weighted by Crippen LogP contribution is 2.41. The molecule has 4 nitrogen and oxygen atoms in total. The Morgan fingerprint density at radius 3 is 2.31 bits per heavy atom. The standard InChI is InChI=1S/C40H47F4N3O/c1-3-5-23-47-24-21-33(22-25-47)48-38-20-18-31(28-45-38)39(35(27-40(42,43)44)29-13-8-6-9-14-29)30-17-19-37(34(26-30)36(41)12-4-2)46-32-15-10-7-11-16-32/h3,5-6,8-9,12-14,17-20,26,28,32-33,46H,4,7,10-11,15-16,21-25,27H2,1-2H3/b5-3+,36-12-,39-35-. The zero-order valence-electron chi connectivity index (χ0n) is 28.0. The van der Waals surface area contributed by atoms with E-state index in [2.05, 4.69) is 27.4 Å². The number of nitrogens with one attached hydrogen (secondary N) is 1. The Balaban J connectivity index is 1.55. The van der Waals surface area contributed by atoms with Gasteiger partial charge in [0.25, 0.3) is 0 Å². The molecule has 1 N–H and O–H groups in total. The number of hydrogen-bond donors (Lipinski definition) is 1. The van der Waals surface area contributed by atoms with Crippen LogP contribution in [0.4, 0.5) is 23.2 Å². The quantitative estimate of drug-likeness (QED) is 0.119. The molecule has 0 bridgehead atoms. The lowest BCUT2D eigenvalue weighted by atomic mass is 9.87. The summed E-state index contributed by atoms with van der Waals surface area (Å²) in [6.45, 7) is 6.65. The van der Waals surface area contributed by atoms with Gasteiger partial charge in [0.15, 0.2) is 0 Å². The topological polar surface area (TPSA) is 37.4 Å². The number of piperidine rings is 1. The van der Waals surface area contributed by atoms with E-state index in [9.17, 15) is 13.2 Å². The molecule has 0 unspecified atom stereocenters. The summed E-state index contributed by atoms with van der Waals surface area (Å²) in [6, 6.07) is 17.6. The molecule has 2 aliphatic rings. The molecule has 48 heavy (non-hydrogen) atoms. The molecule has 2 aromatic carbocycles. The third-order valence-corrected chi connectivity index (χ3v) is 9.16. The second kappa shape index (κ2) is 17.0. The molecule has 3 aromatic rings. The van der Waals surface area contributed by atoms with Gasteiger partial charge < -0.3 is 10.1 Å². The van der Waals surface area contributed by atoms with Gasteiger partial charge in [-0.3, -0.25) is 4.90 Å². The molecular formula is C40H47F4N3O. The van der Waals surface area contributed by atoms with E-state index in [1.807, 2.05) is 19.9 Å². The lowest BCUT2D eigenvalue weighted by Gasteiger charge is -2.31. The summed E-state index contributed by atoms with van der Waals surface area (Å²) in [5.41, 5.74) is 2.92. The highest BCUT2D eigenvalue weighted by molar-refractivity contribution is 5.99. The summed E-state index contributed by atoms with van der Waals surface area (Å²) >= 11 is 0. The zero-order valence-corrected chi connectivity index (χ0v) is 28.0. The normalized spacial score (nSPS) is 17.8. The van der Waals surface area contributed by atoms with Gasteiger partial charge in [0.1, 0.15) is 11.9 Å². The molecular weight excluding hydrogens is 614 g/mol. The molecule has 1 saturated carbocycles. The number of nitrogens with zero attached hydrogens (tertiary/aromatic N) is 2. The molecule has 2 heterocycles. The van der Waals surface area contributed by atoms with Crippen LogP contribution >= 0.6 is 0 Å². The van der Waals surface area contributed by atoms with Crippen LogP contribution in [-0.2, 0) is 0 Å². The molecule has 1 saturated heterocycles. The largest absolute Gasteiger partial charge is 0.474 e. The van der Waals surface area contributed by atoms with Crippen molar-refractivity contribution in [2.75, 3.05) is 25.0 Å². The van der Waals surface area contributed by atoms with E-state index in [0.29, 0.717) is 45.8 Å². The summed E-state index contributed by atoms with van der Waals surface area (Å²) in [4.78, 5) is 6.96. The Kier molecular flexibility index (Phi) is 12.5. The van der Waals surface area contributed by atoms with Crippen LogP contribution in [0, 0.1) is 0 Å². The molecule has 1 aromatic heterocycles. The maximum atomic E-state index is 15.7. The molecule has 5 rings (SSSR count). The minimum atomic E-state index is -4.48. The van der Waals surface area contributed by atoms with Crippen LogP contribution in [-0.4, -0.2) is 47.8 Å². The van der Waals surface area contributed by atoms with Crippen molar-refractivity contribution in [3.05, 3.63) is 107 Å². The second-order valence-electron chi connectivity index (χ2n) is 12.8. The highest BCUT2D eigenvalue weighted by Gasteiger charge is 2.32. The van der Waals surface area contributed by atoms with Crippen molar-refractivity contribution in [1.82, 2.24) is 9.88 Å². The minimum absolute atomic E-state index is 0.0189. The second-order valence-corrected chi connectivity index (χ2v) is 12.8. The van der Waals surface area contributed by atoms with Crippen molar-refractivity contribution in [3.63, 3.8) is 0 Å². The molecule has 0 radical (unpaired) electrons. The van der Waals surface area contributed by atoms with E-state index in [1.54, 1.807) is 60.8 Å². The lowest BCUT2D eigenvalue weighted by molar-refractivity contribution is -0.122. The molecule has 256 valence electrons. The number of anilines is 1. The number of halogens is 4. The van der Waals surface area contributed by atoms with Gasteiger partial charge in [-0.25, -0.2) is 9.37 Å². The average molecular weight is 662 g/mol. The molecule has 1 aliphatic carbocycles. The van der Waals surface area contributed by atoms with Crippen molar-refractivity contribution in [2.45, 2.75) is 90.0 Å². The fraction of sp³-hybridized carbons (Fsp3) is 0.425. The van der Waals surface area contributed by atoms with Crippen molar-refractivity contribution in [1.29, 1.82) is 0 Å². The van der Waals surface area contributed by atoms with Gasteiger partial charge in [-0.1, -0.05) is 74.7 Å². The van der Waals surface area contributed by atoms with Crippen molar-refractivity contribution < 1.29 is 22.3 Å². The monoisotopic (exact) mass is 661 g/mol. The smallest absolute Gasteiger partial charge is 0.393 e. The van der Waals surface area contributed by atoms with Crippen LogP contribution in [0.15, 0.2) is 85.1 Å². The highest BCUT2D eigenvalue weighted by atomic mass is 19.4. The first-order valence-corrected chi connectivity index (χ1v) is 17.3. The maximum absolute atomic E-state index is 15.7. The number of allylic oxidation sites excluding steroid dienone is 3. The lowest BCUT2D eigenvalue weighted by Crippen LogP contribution is -2.38. The average Bonchev–Trinajstić information content (AvgIpc) is 3.09. The van der Waals surface area contributed by atoms with E-state index in [-0.39, 0.29) is 17.7 Å². The Hall–Kier alpha value is -3.91. The van der Waals surface area contributed by atoms with Gasteiger partial charge in [0, 0.05) is 54.8 Å². The van der Waals surface area contributed by atoms with Crippen molar-refractivity contribution >= 4 is 22.7 Å². The van der Waals surface area contributed by atoms with E-state index < -0.39 is 18.4 Å². The predicted molar refractivity (Wildman–Crippen MR) is 188 cm³/mol. The zero-order chi connectivity index (χ0) is 33.9. The number of rotatable bonds is 12. The SMILES string of the molecule is C/C=C/CN1CCC(Oc2ccc(/C(=C(/CC(F)(F)F)c3ccccc3)c3ccc(NC4CCCCC4)c(/C(F)=C/CC)c3)cn2)CC1. The van der Waals surface area contributed by atoms with Gasteiger partial charge in [-0.2, -0.15) is 13.2 Å². The van der Waals surface area contributed by atoms with Crippen molar-refractivity contribution in [3.8, 4) is 5.88 Å². The van der Waals surface area contributed by atoms with Gasteiger partial charge in [0.2, 0.25) is 5.88 Å². The minimum Gasteiger partial charge on any atom is -0.474 e. The molecule has 2 fully saturated rings. The molecule has 8 heteroatoms. The summed E-state index contributed by atoms with van der Waals surface area (Å²) in [6.07, 6.45) is 9.35. The Morgan fingerprint density at radius 2 is 1.67 bits per heavy atom. The van der Waals surface area contributed by atoms with Gasteiger partial charge >= 0.3 is 6.18 Å². The number of pyridine rings is 1. The first kappa shape index (κ1) is 35.4. The van der Waals surface area contributed by atoms with Gasteiger partial charge in [-0.15, -0.1) is 0 Å². The predicted octanol–water partition coefficient (Wildman–Crippen LogP) is 10.9. The Labute approximate surface area is 282 Å². The number of benzene rings is 2. The van der Waals surface area contributed by atoms with Crippen LogP contribution in [0.25, 0.3) is 17.0 Å². The van der Waals surface area contributed by atoms with E-state index in [4.69, 9.17) is 4.74 Å². The van der Waals surface area contributed by atoms with Crippen LogP contribution in [0.3, 0.4) is 0 Å². The number of ether oxygens (including phenoxy) is 1. The van der Waals surface area contributed by atoms with Gasteiger partial charge in [0.05, 0.1) is 6.42 Å². The van der Waals surface area contributed by atoms with Crippen LogP contribution in [0.1, 0.15) is 93.9 Å². The summed E-state index contributed by atoms with van der Waals surface area (Å²) in [5.74, 6) is 0.0412. The molecule has 0 amide bonds. The summed E-state index contributed by atoms with van der Waals surface area (Å²) in [7, 11) is 0. The first-order valence-electron chi connectivity index (χ1n) is 17.3. The Bertz CT molecular complexity index is 1550. The number of likely N-dealkylation sites (tertiary alicyclic amines) is 1. The van der Waals surface area contributed by atoms with E-state index >= 15 is 4.39 Å². The van der Waals surface area contributed by atoms with E-state index in [1.165, 1.54) is 12.5 Å². The molecule has 1 aliphatic heterocycles. The van der Waals surface area contributed by atoms with Crippen LogP contribution in [0.5, 0.6) is 5.88 Å². The fourth-order valence-corrected chi connectivity index (χ4v) is 6.70. The number of alkyl halides is 3. The number of hydrogen-bond acceptors (Lipinski definition) is 4. The van der Waals surface area contributed by atoms with Crippen molar-refractivity contribution in [2.24, 2.45) is 0 Å². The summed E-state index contributed by atoms with van der Waals surface area (Å²) < 4.78 is 64.8. The third-order valence-electron chi connectivity index (χ3n) is 9.16. The molecule has 0 atom stereocenters. The fourth-order valence-electron chi connectivity index (χ4n) is 6.70. The first-order chi connectivity index (χ1) is 23.2. The van der Waals surface area contributed by atoms with Crippen LogP contribution < -0.4 is 10.1 Å². The Morgan fingerprint density at radius 1 is 0.938 bits per heavy atom. The maximum Gasteiger partial charge on any atom is 0.393 e. The van der Waals surface area contributed by atoms with E-state index in [0.717, 1.165) is 58.2 Å². The third kappa shape index (κ3) is 9.82. The summed E-state index contributed by atoms with van der Waals surface area (Å²) in [5, 5.41) is 3.54. The van der Waals surface area contributed by atoms with Crippen LogP contribution in [0.2, 0.25) is 0 Å². The number of aromatic nitrogens is 1. The van der Waals surface area contributed by atoms with Gasteiger partial charge in [-0.05, 0) is 85.6 Å². The molecule has 0 spiro atoms.